The van der Waals surface area contributed by atoms with Gasteiger partial charge in [0.15, 0.2) is 0 Å². The lowest BCUT2D eigenvalue weighted by molar-refractivity contribution is 0.297. The average molecular weight is 257 g/mol. The van der Waals surface area contributed by atoms with Crippen molar-refractivity contribution in [2.75, 3.05) is 13.1 Å². The maximum atomic E-state index is 2.69. The van der Waals surface area contributed by atoms with Gasteiger partial charge in [-0.1, -0.05) is 60.2 Å². The Morgan fingerprint density at radius 3 is 1.53 bits per heavy atom. The number of hydrogen-bond acceptors (Lipinski definition) is 2. The van der Waals surface area contributed by atoms with E-state index >= 15 is 0 Å². The van der Waals surface area contributed by atoms with Crippen molar-refractivity contribution in [1.82, 2.24) is 9.13 Å². The SMILES string of the molecule is CCC=C[SiH](N(CC)C(C)C)N(CC)C(C)C. The van der Waals surface area contributed by atoms with Gasteiger partial charge in [0.25, 0.3) is 0 Å². The highest BCUT2D eigenvalue weighted by Crippen LogP contribution is 2.11. The van der Waals surface area contributed by atoms with E-state index in [4.69, 9.17) is 0 Å². The van der Waals surface area contributed by atoms with E-state index in [2.05, 4.69) is 69.4 Å². The predicted octanol–water partition coefficient (Wildman–Crippen LogP) is 3.17. The summed E-state index contributed by atoms with van der Waals surface area (Å²) < 4.78 is 5.38. The van der Waals surface area contributed by atoms with Crippen molar-refractivity contribution in [1.29, 1.82) is 0 Å². The van der Waals surface area contributed by atoms with Gasteiger partial charge in [-0.15, -0.1) is 0 Å². The van der Waals surface area contributed by atoms with E-state index in [9.17, 15) is 0 Å². The van der Waals surface area contributed by atoms with Gasteiger partial charge in [-0.2, -0.15) is 0 Å². The third-order valence-electron chi connectivity index (χ3n) is 3.28. The molecule has 0 aliphatic carbocycles. The summed E-state index contributed by atoms with van der Waals surface area (Å²) in [7, 11) is -1.11. The molecule has 0 heterocycles. The van der Waals surface area contributed by atoms with Crippen LogP contribution in [0.2, 0.25) is 0 Å². The highest BCUT2D eigenvalue weighted by Gasteiger charge is 2.26. The highest BCUT2D eigenvalue weighted by molar-refractivity contribution is 6.58. The fourth-order valence-electron chi connectivity index (χ4n) is 2.38. The Morgan fingerprint density at radius 2 is 1.29 bits per heavy atom. The van der Waals surface area contributed by atoms with Crippen molar-refractivity contribution in [2.45, 2.75) is 67.0 Å². The van der Waals surface area contributed by atoms with E-state index in [1.807, 2.05) is 0 Å². The van der Waals surface area contributed by atoms with Gasteiger partial charge in [-0.3, -0.25) is 0 Å². The Bertz CT molecular complexity index is 198. The molecule has 0 radical (unpaired) electrons. The summed E-state index contributed by atoms with van der Waals surface area (Å²) in [6.07, 6.45) is 3.50. The van der Waals surface area contributed by atoms with Crippen LogP contribution >= 0.6 is 0 Å². The zero-order valence-corrected chi connectivity index (χ0v) is 14.1. The summed E-state index contributed by atoms with van der Waals surface area (Å²) in [6, 6.07) is 1.29. The van der Waals surface area contributed by atoms with Gasteiger partial charge in [0.1, 0.15) is 0 Å². The molecule has 0 saturated carbocycles. The average Bonchev–Trinajstić information content (AvgIpc) is 2.25. The lowest BCUT2D eigenvalue weighted by Crippen LogP contribution is -2.56. The minimum absolute atomic E-state index is 0.644. The number of rotatable bonds is 8. The molecule has 102 valence electrons. The van der Waals surface area contributed by atoms with Crippen molar-refractivity contribution in [3.8, 4) is 0 Å². The summed E-state index contributed by atoms with van der Waals surface area (Å²) in [5, 5.41) is 0. The lowest BCUT2D eigenvalue weighted by atomic mass is 10.4. The standard InChI is InChI=1S/C14H32N2Si/c1-8-11-12-17(15(9-2)13(4)5)16(10-3)14(6)7/h11-14,17H,8-10H2,1-7H3. The molecule has 0 aromatic heterocycles. The third-order valence-corrected chi connectivity index (χ3v) is 7.18. The minimum Gasteiger partial charge on any atom is -0.309 e. The Morgan fingerprint density at radius 1 is 0.882 bits per heavy atom. The normalized spacial score (nSPS) is 13.2. The van der Waals surface area contributed by atoms with E-state index in [0.29, 0.717) is 12.1 Å². The number of allylic oxidation sites excluding steroid dienone is 1. The lowest BCUT2D eigenvalue weighted by Gasteiger charge is -2.40. The van der Waals surface area contributed by atoms with Crippen molar-refractivity contribution < 1.29 is 0 Å². The summed E-state index contributed by atoms with van der Waals surface area (Å²) >= 11 is 0. The fraction of sp³-hybridized carbons (Fsp3) is 0.857. The molecule has 0 aliphatic rings. The molecule has 0 N–H and O–H groups in total. The molecule has 2 nitrogen and oxygen atoms in total. The highest BCUT2D eigenvalue weighted by atomic mass is 28.3. The van der Waals surface area contributed by atoms with Crippen LogP contribution in [0.1, 0.15) is 54.9 Å². The van der Waals surface area contributed by atoms with Gasteiger partial charge in [0.2, 0.25) is 9.12 Å². The van der Waals surface area contributed by atoms with E-state index in [-0.39, 0.29) is 0 Å². The molecule has 0 fully saturated rings. The van der Waals surface area contributed by atoms with Crippen LogP contribution in [0.15, 0.2) is 11.8 Å². The maximum Gasteiger partial charge on any atom is 0.215 e. The van der Waals surface area contributed by atoms with Gasteiger partial charge < -0.3 is 9.13 Å². The molecule has 0 saturated heterocycles. The molecular weight excluding hydrogens is 224 g/mol. The van der Waals surface area contributed by atoms with Gasteiger partial charge in [0.05, 0.1) is 0 Å². The van der Waals surface area contributed by atoms with Crippen LogP contribution < -0.4 is 0 Å². The van der Waals surface area contributed by atoms with Crippen LogP contribution in [0.3, 0.4) is 0 Å². The van der Waals surface area contributed by atoms with Gasteiger partial charge in [-0.25, -0.2) is 0 Å². The predicted molar refractivity (Wildman–Crippen MR) is 81.6 cm³/mol. The topological polar surface area (TPSA) is 6.48 Å². The molecule has 0 unspecified atom stereocenters. The minimum atomic E-state index is -1.11. The molecule has 0 atom stereocenters. The van der Waals surface area contributed by atoms with Crippen LogP contribution in [0.4, 0.5) is 0 Å². The van der Waals surface area contributed by atoms with Gasteiger partial charge in [0, 0.05) is 0 Å². The van der Waals surface area contributed by atoms with Crippen LogP contribution in [-0.2, 0) is 0 Å². The monoisotopic (exact) mass is 256 g/mol. The number of nitrogens with zero attached hydrogens (tertiary/aromatic N) is 2. The molecule has 0 aromatic rings. The van der Waals surface area contributed by atoms with Crippen molar-refractivity contribution >= 4 is 9.12 Å². The summed E-state index contributed by atoms with van der Waals surface area (Å²) in [6.45, 7) is 18.4. The molecule has 0 spiro atoms. The molecule has 0 bridgehead atoms. The molecule has 0 aromatic carbocycles. The number of hydrogen-bond donors (Lipinski definition) is 0. The van der Waals surface area contributed by atoms with Gasteiger partial charge >= 0.3 is 0 Å². The summed E-state index contributed by atoms with van der Waals surface area (Å²) in [4.78, 5) is 0. The van der Waals surface area contributed by atoms with Crippen LogP contribution in [0, 0.1) is 0 Å². The maximum absolute atomic E-state index is 2.69. The quantitative estimate of drug-likeness (QED) is 0.616. The largest absolute Gasteiger partial charge is 0.309 e. The molecule has 0 rings (SSSR count). The van der Waals surface area contributed by atoms with E-state index in [1.165, 1.54) is 0 Å². The Balaban J connectivity index is 5.01. The van der Waals surface area contributed by atoms with Crippen LogP contribution in [0.25, 0.3) is 0 Å². The molecule has 3 heteroatoms. The second-order valence-electron chi connectivity index (χ2n) is 5.10. The first-order chi connectivity index (χ1) is 7.99. The van der Waals surface area contributed by atoms with E-state index in [0.717, 1.165) is 19.5 Å². The van der Waals surface area contributed by atoms with Gasteiger partial charge in [-0.05, 0) is 31.6 Å². The molecular formula is C14H32N2Si. The van der Waals surface area contributed by atoms with Crippen molar-refractivity contribution in [3.05, 3.63) is 11.8 Å². The second-order valence-corrected chi connectivity index (χ2v) is 7.64. The van der Waals surface area contributed by atoms with E-state index < -0.39 is 9.12 Å². The zero-order chi connectivity index (χ0) is 13.4. The first-order valence-electron chi connectivity index (χ1n) is 7.17. The Kier molecular flexibility index (Phi) is 8.83. The fourth-order valence-corrected chi connectivity index (χ4v) is 5.69. The Hall–Kier alpha value is -0.123. The van der Waals surface area contributed by atoms with Crippen molar-refractivity contribution in [3.63, 3.8) is 0 Å². The third kappa shape index (κ3) is 5.36. The smallest absolute Gasteiger partial charge is 0.215 e. The van der Waals surface area contributed by atoms with E-state index in [1.54, 1.807) is 0 Å². The first kappa shape index (κ1) is 16.9. The van der Waals surface area contributed by atoms with Crippen molar-refractivity contribution in [2.24, 2.45) is 0 Å². The molecule has 17 heavy (non-hydrogen) atoms. The molecule has 0 amide bonds. The Labute approximate surface area is 110 Å². The first-order valence-corrected chi connectivity index (χ1v) is 8.87. The van der Waals surface area contributed by atoms with Crippen LogP contribution in [0.5, 0.6) is 0 Å². The second kappa shape index (κ2) is 8.89. The molecule has 0 aliphatic heterocycles. The summed E-state index contributed by atoms with van der Waals surface area (Å²) in [5.74, 6) is 0. The zero-order valence-electron chi connectivity index (χ0n) is 12.9. The summed E-state index contributed by atoms with van der Waals surface area (Å²) in [5.41, 5.74) is 2.51. The van der Waals surface area contributed by atoms with Crippen LogP contribution in [-0.4, -0.2) is 43.4 Å².